The molecule has 5 rings (SSSR count). The molecular weight excluding hydrogens is 464 g/mol. The van der Waals surface area contributed by atoms with E-state index in [0.717, 1.165) is 71.0 Å². The minimum absolute atomic E-state index is 0.172. The quantitative estimate of drug-likeness (QED) is 0.270. The van der Waals surface area contributed by atoms with Crippen LogP contribution in [0.15, 0.2) is 77.3 Å². The maximum Gasteiger partial charge on any atom is 0.304 e. The van der Waals surface area contributed by atoms with Crippen molar-refractivity contribution in [3.05, 3.63) is 89.6 Å². The third-order valence-corrected chi connectivity index (χ3v) is 7.43. The Morgan fingerprint density at radius 2 is 1.57 bits per heavy atom. The van der Waals surface area contributed by atoms with Gasteiger partial charge in [-0.1, -0.05) is 65.8 Å². The van der Waals surface area contributed by atoms with Crippen LogP contribution in [0.2, 0.25) is 0 Å². The van der Waals surface area contributed by atoms with Crippen LogP contribution in [0.5, 0.6) is 5.75 Å². The Morgan fingerprint density at radius 3 is 2.14 bits per heavy atom. The van der Waals surface area contributed by atoms with Crippen molar-refractivity contribution >= 4 is 11.7 Å². The Morgan fingerprint density at radius 1 is 0.973 bits per heavy atom. The van der Waals surface area contributed by atoms with Gasteiger partial charge < -0.3 is 19.3 Å². The number of methoxy groups -OCH3 is 1. The number of benzene rings is 3. The Hall–Kier alpha value is -4.06. The molecule has 0 saturated heterocycles. The van der Waals surface area contributed by atoms with Crippen LogP contribution in [0.3, 0.4) is 0 Å². The Balaban J connectivity index is 1.29. The van der Waals surface area contributed by atoms with E-state index in [0.29, 0.717) is 0 Å². The van der Waals surface area contributed by atoms with Gasteiger partial charge in [0.05, 0.1) is 13.5 Å². The zero-order valence-corrected chi connectivity index (χ0v) is 21.5. The highest BCUT2D eigenvalue weighted by Gasteiger charge is 2.45. The SMILES string of the molecule is COc1ccc(CCN(C)c2c(C)noc2-c2ccc(-c3ccc(C4(CC(=O)O)CC4)cc3)cc2)cc1. The van der Waals surface area contributed by atoms with Gasteiger partial charge in [-0.2, -0.15) is 0 Å². The van der Waals surface area contributed by atoms with Crippen molar-refractivity contribution < 1.29 is 19.2 Å². The minimum Gasteiger partial charge on any atom is -0.497 e. The number of carboxylic acids is 1. The Labute approximate surface area is 217 Å². The molecule has 1 aromatic heterocycles. The van der Waals surface area contributed by atoms with Crippen LogP contribution in [0.1, 0.15) is 36.1 Å². The number of hydrogen-bond donors (Lipinski definition) is 1. The van der Waals surface area contributed by atoms with Crippen LogP contribution >= 0.6 is 0 Å². The van der Waals surface area contributed by atoms with Crippen molar-refractivity contribution in [2.75, 3.05) is 25.6 Å². The molecule has 1 fully saturated rings. The molecule has 0 spiro atoms. The molecule has 0 amide bonds. The molecule has 1 saturated carbocycles. The summed E-state index contributed by atoms with van der Waals surface area (Å²) in [6, 6.07) is 24.8. The number of hydrogen-bond acceptors (Lipinski definition) is 5. The monoisotopic (exact) mass is 496 g/mol. The fraction of sp³-hybridized carbons (Fsp3) is 0.290. The van der Waals surface area contributed by atoms with Crippen LogP contribution in [0.25, 0.3) is 22.5 Å². The number of anilines is 1. The topological polar surface area (TPSA) is 75.8 Å². The summed E-state index contributed by atoms with van der Waals surface area (Å²) in [6.07, 6.45) is 2.99. The smallest absolute Gasteiger partial charge is 0.304 e. The van der Waals surface area contributed by atoms with Gasteiger partial charge in [0, 0.05) is 24.6 Å². The predicted molar refractivity (Wildman–Crippen MR) is 145 cm³/mol. The van der Waals surface area contributed by atoms with Crippen molar-refractivity contribution in [3.8, 4) is 28.2 Å². The van der Waals surface area contributed by atoms with Crippen LogP contribution < -0.4 is 9.64 Å². The van der Waals surface area contributed by atoms with Crippen LogP contribution in [-0.4, -0.2) is 36.9 Å². The second kappa shape index (κ2) is 10.1. The van der Waals surface area contributed by atoms with Gasteiger partial charge in [0.15, 0.2) is 5.76 Å². The fourth-order valence-electron chi connectivity index (χ4n) is 5.04. The van der Waals surface area contributed by atoms with E-state index in [1.807, 2.05) is 19.1 Å². The van der Waals surface area contributed by atoms with Gasteiger partial charge in [-0.3, -0.25) is 4.79 Å². The molecule has 190 valence electrons. The molecule has 3 aromatic carbocycles. The summed E-state index contributed by atoms with van der Waals surface area (Å²) in [5, 5.41) is 13.5. The van der Waals surface area contributed by atoms with Crippen LogP contribution in [0.4, 0.5) is 5.69 Å². The molecule has 6 heteroatoms. The third-order valence-electron chi connectivity index (χ3n) is 7.43. The lowest BCUT2D eigenvalue weighted by Gasteiger charge is -2.19. The molecule has 0 atom stereocenters. The number of rotatable bonds is 10. The van der Waals surface area contributed by atoms with E-state index in [1.54, 1.807) is 7.11 Å². The zero-order chi connectivity index (χ0) is 26.0. The first-order valence-electron chi connectivity index (χ1n) is 12.6. The highest BCUT2D eigenvalue weighted by Crippen LogP contribution is 2.51. The molecule has 0 radical (unpaired) electrons. The molecule has 6 nitrogen and oxygen atoms in total. The van der Waals surface area contributed by atoms with E-state index in [9.17, 15) is 9.90 Å². The second-order valence-electron chi connectivity index (χ2n) is 9.97. The van der Waals surface area contributed by atoms with Gasteiger partial charge in [-0.25, -0.2) is 0 Å². The predicted octanol–water partition coefficient (Wildman–Crippen LogP) is 6.51. The lowest BCUT2D eigenvalue weighted by atomic mass is 9.91. The van der Waals surface area contributed by atoms with Gasteiger partial charge in [0.1, 0.15) is 17.1 Å². The number of aryl methyl sites for hydroxylation is 1. The highest BCUT2D eigenvalue weighted by molar-refractivity contribution is 5.77. The molecule has 0 bridgehead atoms. The standard InChI is InChI=1S/C31H32N2O4/c1-21-29(33(2)19-16-22-4-14-27(36-3)15-5-22)30(37-32-21)25-8-6-23(7-9-25)24-10-12-26(13-11-24)31(17-18-31)20-28(34)35/h4-15H,16-20H2,1-3H3,(H,34,35). The molecular formula is C31H32N2O4. The molecule has 1 aliphatic carbocycles. The van der Waals surface area contributed by atoms with Gasteiger partial charge in [0.2, 0.25) is 0 Å². The van der Waals surface area contributed by atoms with Crippen molar-refractivity contribution in [1.29, 1.82) is 0 Å². The first kappa shape index (κ1) is 24.6. The Bertz CT molecular complexity index is 1370. The van der Waals surface area contributed by atoms with Gasteiger partial charge in [-0.05, 0) is 60.6 Å². The van der Waals surface area contributed by atoms with Crippen molar-refractivity contribution in [2.45, 2.75) is 38.0 Å². The molecule has 1 N–H and O–H groups in total. The van der Waals surface area contributed by atoms with Crippen LogP contribution in [-0.2, 0) is 16.6 Å². The Kier molecular flexibility index (Phi) is 6.74. The number of carbonyl (C=O) groups is 1. The molecule has 0 unspecified atom stereocenters. The summed E-state index contributed by atoms with van der Waals surface area (Å²) < 4.78 is 11.0. The average Bonchev–Trinajstić information content (AvgIpc) is 3.59. The maximum atomic E-state index is 11.2. The lowest BCUT2D eigenvalue weighted by molar-refractivity contribution is -0.137. The molecule has 4 aromatic rings. The van der Waals surface area contributed by atoms with E-state index in [4.69, 9.17) is 9.26 Å². The van der Waals surface area contributed by atoms with Gasteiger partial charge in [-0.15, -0.1) is 0 Å². The van der Waals surface area contributed by atoms with E-state index in [-0.39, 0.29) is 11.8 Å². The van der Waals surface area contributed by atoms with Crippen LogP contribution in [0, 0.1) is 6.92 Å². The number of aromatic nitrogens is 1. The summed E-state index contributed by atoms with van der Waals surface area (Å²) in [4.78, 5) is 13.4. The maximum absolute atomic E-state index is 11.2. The van der Waals surface area contributed by atoms with E-state index in [1.165, 1.54) is 5.56 Å². The lowest BCUT2D eigenvalue weighted by Crippen LogP contribution is -2.21. The van der Waals surface area contributed by atoms with Gasteiger partial charge >= 0.3 is 5.97 Å². The van der Waals surface area contributed by atoms with Gasteiger partial charge in [0.25, 0.3) is 0 Å². The summed E-state index contributed by atoms with van der Waals surface area (Å²) in [5.41, 5.74) is 7.24. The second-order valence-corrected chi connectivity index (χ2v) is 9.97. The summed E-state index contributed by atoms with van der Waals surface area (Å²) in [5.74, 6) is 0.894. The van der Waals surface area contributed by atoms with Crippen molar-refractivity contribution in [3.63, 3.8) is 0 Å². The number of nitrogens with zero attached hydrogens (tertiary/aromatic N) is 2. The molecule has 1 heterocycles. The minimum atomic E-state index is -0.731. The zero-order valence-electron chi connectivity index (χ0n) is 21.5. The number of aliphatic carboxylic acids is 1. The summed E-state index contributed by atoms with van der Waals surface area (Å²) >= 11 is 0. The van der Waals surface area contributed by atoms with E-state index >= 15 is 0 Å². The largest absolute Gasteiger partial charge is 0.497 e. The van der Waals surface area contributed by atoms with Crippen molar-refractivity contribution in [2.24, 2.45) is 0 Å². The molecule has 0 aliphatic heterocycles. The third kappa shape index (κ3) is 5.24. The normalized spacial score (nSPS) is 13.8. The van der Waals surface area contributed by atoms with E-state index in [2.05, 4.69) is 77.8 Å². The highest BCUT2D eigenvalue weighted by atomic mass is 16.5. The average molecular weight is 497 g/mol. The molecule has 1 aliphatic rings. The number of ether oxygens (including phenoxy) is 1. The first-order valence-corrected chi connectivity index (χ1v) is 12.6. The summed E-state index contributed by atoms with van der Waals surface area (Å²) in [7, 11) is 3.74. The number of likely N-dealkylation sites (N-methyl/N-ethyl adjacent to an activating group) is 1. The number of carboxylic acid groups (broad SMARTS) is 1. The first-order chi connectivity index (χ1) is 17.9. The molecule has 37 heavy (non-hydrogen) atoms. The van der Waals surface area contributed by atoms with Crippen molar-refractivity contribution in [1.82, 2.24) is 5.16 Å². The summed E-state index contributed by atoms with van der Waals surface area (Å²) in [6.45, 7) is 2.80. The van der Waals surface area contributed by atoms with E-state index < -0.39 is 5.97 Å². The fourth-order valence-corrected chi connectivity index (χ4v) is 5.04.